The van der Waals surface area contributed by atoms with Crippen molar-refractivity contribution in [2.75, 3.05) is 59.7 Å². The van der Waals surface area contributed by atoms with E-state index in [9.17, 15) is 13.2 Å². The Bertz CT molecular complexity index is 1100. The molecule has 2 aromatic rings. The number of amides is 1. The van der Waals surface area contributed by atoms with Crippen LogP contribution in [0.2, 0.25) is 0 Å². The number of rotatable bonds is 6. The maximum atomic E-state index is 13.2. The molecule has 0 N–H and O–H groups in total. The van der Waals surface area contributed by atoms with Crippen molar-refractivity contribution < 1.29 is 22.7 Å². The van der Waals surface area contributed by atoms with Crippen molar-refractivity contribution in [2.24, 2.45) is 0 Å². The Balaban J connectivity index is 1.59. The van der Waals surface area contributed by atoms with Gasteiger partial charge in [0.25, 0.3) is 0 Å². The topological polar surface area (TPSA) is 79.4 Å². The van der Waals surface area contributed by atoms with E-state index in [4.69, 9.17) is 9.47 Å². The van der Waals surface area contributed by atoms with Crippen LogP contribution in [-0.4, -0.2) is 88.2 Å². The Morgan fingerprint density at radius 2 is 1.61 bits per heavy atom. The Kier molecular flexibility index (Phi) is 6.92. The Hall–Kier alpha value is -2.62. The van der Waals surface area contributed by atoms with Gasteiger partial charge in [-0.15, -0.1) is 0 Å². The van der Waals surface area contributed by atoms with Crippen LogP contribution in [0, 0.1) is 0 Å². The zero-order valence-electron chi connectivity index (χ0n) is 19.4. The van der Waals surface area contributed by atoms with E-state index in [0.29, 0.717) is 37.7 Å². The number of carbonyl (C=O) groups is 1. The molecular weight excluding hydrogens is 442 g/mol. The number of carbonyl (C=O) groups excluding carboxylic acids is 1. The summed E-state index contributed by atoms with van der Waals surface area (Å²) in [6.07, 6.45) is 2.01. The highest BCUT2D eigenvalue weighted by Crippen LogP contribution is 2.40. The second-order valence-corrected chi connectivity index (χ2v) is 10.5. The molecule has 0 spiro atoms. The van der Waals surface area contributed by atoms with Crippen LogP contribution in [0.4, 0.5) is 0 Å². The van der Waals surface area contributed by atoms with Crippen molar-refractivity contribution >= 4 is 15.9 Å². The number of nitrogens with zero attached hydrogens (tertiary/aromatic N) is 3. The zero-order chi connectivity index (χ0) is 23.6. The van der Waals surface area contributed by atoms with Crippen molar-refractivity contribution in [3.05, 3.63) is 59.2 Å². The molecule has 1 saturated heterocycles. The molecule has 4 rings (SSSR count). The second kappa shape index (κ2) is 9.70. The standard InChI is InChI=1S/C24H31N3O5S/c1-31-21-15-19-9-10-26(17-23(28)25-11-13-27(14-12-25)33(3,29)30)24(18-7-5-4-6-8-18)20(19)16-22(21)32-2/h4-8,15-16,24H,9-14,17H2,1-3H3. The summed E-state index contributed by atoms with van der Waals surface area (Å²) in [7, 11) is 0.0322. The van der Waals surface area contributed by atoms with Gasteiger partial charge in [-0.3, -0.25) is 9.69 Å². The van der Waals surface area contributed by atoms with Crippen LogP contribution in [0.1, 0.15) is 22.7 Å². The fraction of sp³-hybridized carbons (Fsp3) is 0.458. The Morgan fingerprint density at radius 1 is 0.970 bits per heavy atom. The molecule has 0 saturated carbocycles. The highest BCUT2D eigenvalue weighted by Gasteiger charge is 2.33. The van der Waals surface area contributed by atoms with Crippen molar-refractivity contribution in [1.82, 2.24) is 14.1 Å². The molecule has 33 heavy (non-hydrogen) atoms. The Labute approximate surface area is 195 Å². The van der Waals surface area contributed by atoms with E-state index in [1.807, 2.05) is 30.3 Å². The summed E-state index contributed by atoms with van der Waals surface area (Å²) in [6.45, 7) is 2.51. The predicted octanol–water partition coefficient (Wildman–Crippen LogP) is 1.76. The molecule has 2 aliphatic rings. The number of benzene rings is 2. The molecule has 8 nitrogen and oxygen atoms in total. The molecule has 178 valence electrons. The Morgan fingerprint density at radius 3 is 2.21 bits per heavy atom. The summed E-state index contributed by atoms with van der Waals surface area (Å²) in [4.78, 5) is 17.2. The highest BCUT2D eigenvalue weighted by molar-refractivity contribution is 7.88. The number of hydrogen-bond donors (Lipinski definition) is 0. The number of sulfonamides is 1. The van der Waals surface area contributed by atoms with Crippen LogP contribution in [-0.2, 0) is 21.2 Å². The fourth-order valence-corrected chi connectivity index (χ4v) is 5.56. The first-order chi connectivity index (χ1) is 15.8. The lowest BCUT2D eigenvalue weighted by Gasteiger charge is -2.40. The summed E-state index contributed by atoms with van der Waals surface area (Å²) < 4.78 is 36.1. The lowest BCUT2D eigenvalue weighted by Crippen LogP contribution is -2.53. The number of methoxy groups -OCH3 is 2. The number of fused-ring (bicyclic) bond motifs is 1. The minimum atomic E-state index is -3.23. The fourth-order valence-electron chi connectivity index (χ4n) is 4.74. The van der Waals surface area contributed by atoms with Crippen molar-refractivity contribution in [1.29, 1.82) is 0 Å². The van der Waals surface area contributed by atoms with Gasteiger partial charge in [-0.2, -0.15) is 4.31 Å². The van der Waals surface area contributed by atoms with Crippen molar-refractivity contribution in [3.63, 3.8) is 0 Å². The average Bonchev–Trinajstić information content (AvgIpc) is 2.83. The van der Waals surface area contributed by atoms with Gasteiger partial charge in [0.1, 0.15) is 0 Å². The molecule has 1 unspecified atom stereocenters. The van der Waals surface area contributed by atoms with Gasteiger partial charge in [0.05, 0.1) is 33.1 Å². The van der Waals surface area contributed by atoms with E-state index in [1.165, 1.54) is 16.1 Å². The molecule has 0 aliphatic carbocycles. The first-order valence-electron chi connectivity index (χ1n) is 11.1. The minimum absolute atomic E-state index is 0.0213. The third kappa shape index (κ3) is 5.00. The number of piperazine rings is 1. The smallest absolute Gasteiger partial charge is 0.236 e. The zero-order valence-corrected chi connectivity index (χ0v) is 20.2. The van der Waals surface area contributed by atoms with E-state index < -0.39 is 10.0 Å². The minimum Gasteiger partial charge on any atom is -0.493 e. The molecule has 2 aliphatic heterocycles. The van der Waals surface area contributed by atoms with Gasteiger partial charge >= 0.3 is 0 Å². The van der Waals surface area contributed by atoms with Gasteiger partial charge in [0.2, 0.25) is 15.9 Å². The van der Waals surface area contributed by atoms with Crippen molar-refractivity contribution in [3.8, 4) is 11.5 Å². The van der Waals surface area contributed by atoms with Gasteiger partial charge < -0.3 is 14.4 Å². The van der Waals surface area contributed by atoms with Crippen molar-refractivity contribution in [2.45, 2.75) is 12.5 Å². The highest BCUT2D eigenvalue weighted by atomic mass is 32.2. The average molecular weight is 474 g/mol. The first-order valence-corrected chi connectivity index (χ1v) is 12.9. The maximum absolute atomic E-state index is 13.2. The lowest BCUT2D eigenvalue weighted by molar-refractivity contribution is -0.134. The molecular formula is C24H31N3O5S. The van der Waals surface area contributed by atoms with E-state index in [-0.39, 0.29) is 18.5 Å². The van der Waals surface area contributed by atoms with E-state index in [2.05, 4.69) is 17.0 Å². The third-order valence-corrected chi connectivity index (χ3v) is 7.79. The molecule has 2 heterocycles. The predicted molar refractivity (Wildman–Crippen MR) is 126 cm³/mol. The van der Waals surface area contributed by atoms with Gasteiger partial charge in [0, 0.05) is 32.7 Å². The largest absolute Gasteiger partial charge is 0.493 e. The second-order valence-electron chi connectivity index (χ2n) is 8.48. The number of hydrogen-bond acceptors (Lipinski definition) is 6. The summed E-state index contributed by atoms with van der Waals surface area (Å²) in [5, 5.41) is 0. The van der Waals surface area contributed by atoms with Crippen LogP contribution in [0.25, 0.3) is 0 Å². The van der Waals surface area contributed by atoms with Crippen LogP contribution in [0.5, 0.6) is 11.5 Å². The SMILES string of the molecule is COc1cc2c(cc1OC)C(c1ccccc1)N(CC(=O)N1CCN(S(C)(=O)=O)CC1)CC2. The summed E-state index contributed by atoms with van der Waals surface area (Å²) >= 11 is 0. The van der Waals surface area contributed by atoms with Gasteiger partial charge in [0.15, 0.2) is 11.5 Å². The van der Waals surface area contributed by atoms with E-state index >= 15 is 0 Å². The summed E-state index contributed by atoms with van der Waals surface area (Å²) in [6, 6.07) is 14.1. The van der Waals surface area contributed by atoms with Crippen LogP contribution >= 0.6 is 0 Å². The third-order valence-electron chi connectivity index (χ3n) is 6.49. The maximum Gasteiger partial charge on any atom is 0.236 e. The van der Waals surface area contributed by atoms with E-state index in [1.54, 1.807) is 19.1 Å². The molecule has 0 radical (unpaired) electrons. The summed E-state index contributed by atoms with van der Waals surface area (Å²) in [5.41, 5.74) is 3.41. The van der Waals surface area contributed by atoms with Crippen LogP contribution in [0.15, 0.2) is 42.5 Å². The van der Waals surface area contributed by atoms with Crippen LogP contribution in [0.3, 0.4) is 0 Å². The summed E-state index contributed by atoms with van der Waals surface area (Å²) in [5.74, 6) is 1.39. The van der Waals surface area contributed by atoms with Gasteiger partial charge in [-0.25, -0.2) is 8.42 Å². The number of ether oxygens (including phenoxy) is 2. The first kappa shape index (κ1) is 23.5. The normalized spacial score (nSPS) is 19.7. The molecule has 0 aromatic heterocycles. The van der Waals surface area contributed by atoms with Gasteiger partial charge in [-0.1, -0.05) is 30.3 Å². The van der Waals surface area contributed by atoms with E-state index in [0.717, 1.165) is 24.1 Å². The molecule has 1 fully saturated rings. The quantitative estimate of drug-likeness (QED) is 0.636. The van der Waals surface area contributed by atoms with Gasteiger partial charge in [-0.05, 0) is 35.2 Å². The molecule has 1 amide bonds. The molecule has 9 heteroatoms. The molecule has 0 bridgehead atoms. The lowest BCUT2D eigenvalue weighted by atomic mass is 9.87. The molecule has 1 atom stereocenters. The molecule has 2 aromatic carbocycles. The monoisotopic (exact) mass is 473 g/mol. The van der Waals surface area contributed by atoms with Crippen LogP contribution < -0.4 is 9.47 Å².